The summed E-state index contributed by atoms with van der Waals surface area (Å²) in [5, 5.41) is 0. The van der Waals surface area contributed by atoms with Crippen LogP contribution in [0, 0.1) is 5.92 Å². The normalized spacial score (nSPS) is 21.5. The molecule has 1 aliphatic carbocycles. The number of carbonyl (C=O) groups is 1. The number of likely N-dealkylation sites (tertiary alicyclic amines) is 1. The summed E-state index contributed by atoms with van der Waals surface area (Å²) < 4.78 is 12.2. The Hall–Kier alpha value is -2.63. The van der Waals surface area contributed by atoms with E-state index in [2.05, 4.69) is 59.5 Å². The number of piperidine rings is 1. The maximum atomic E-state index is 13.1. The Kier molecular flexibility index (Phi) is 7.62. The lowest BCUT2D eigenvalue weighted by Crippen LogP contribution is -2.37. The average molecular weight is 461 g/mol. The van der Waals surface area contributed by atoms with Crippen LogP contribution < -0.4 is 4.74 Å². The second kappa shape index (κ2) is 11.2. The molecule has 2 aromatic carbocycles. The van der Waals surface area contributed by atoms with Crippen LogP contribution in [0.2, 0.25) is 0 Å². The topological polar surface area (TPSA) is 42.0 Å². The van der Waals surface area contributed by atoms with E-state index in [1.165, 1.54) is 11.1 Å². The number of ether oxygens (including phenoxy) is 2. The molecule has 1 unspecified atom stereocenters. The van der Waals surface area contributed by atoms with Crippen LogP contribution in [0.1, 0.15) is 48.8 Å². The van der Waals surface area contributed by atoms with Gasteiger partial charge >= 0.3 is 0 Å². The molecule has 2 heterocycles. The molecule has 5 nitrogen and oxygen atoms in total. The van der Waals surface area contributed by atoms with Gasteiger partial charge in [0.1, 0.15) is 12.4 Å². The van der Waals surface area contributed by atoms with Gasteiger partial charge in [-0.05, 0) is 55.4 Å². The molecule has 0 saturated carbocycles. The van der Waals surface area contributed by atoms with Gasteiger partial charge in [-0.3, -0.25) is 9.69 Å². The van der Waals surface area contributed by atoms with Crippen LogP contribution in [0.15, 0.2) is 60.7 Å². The monoisotopic (exact) mass is 460 g/mol. The number of fused-ring (bicyclic) bond motifs is 1. The fraction of sp³-hybridized carbons (Fsp3) is 0.483. The molecule has 0 aromatic heterocycles. The first kappa shape index (κ1) is 23.1. The lowest BCUT2D eigenvalue weighted by Gasteiger charge is -2.32. The van der Waals surface area contributed by atoms with Crippen molar-refractivity contribution in [2.45, 2.75) is 57.9 Å². The highest BCUT2D eigenvalue weighted by atomic mass is 16.5. The van der Waals surface area contributed by atoms with Crippen molar-refractivity contribution < 1.29 is 14.3 Å². The van der Waals surface area contributed by atoms with Crippen molar-refractivity contribution in [3.63, 3.8) is 0 Å². The summed E-state index contributed by atoms with van der Waals surface area (Å²) >= 11 is 0. The van der Waals surface area contributed by atoms with Gasteiger partial charge in [-0.2, -0.15) is 0 Å². The Morgan fingerprint density at radius 1 is 0.971 bits per heavy atom. The Morgan fingerprint density at radius 3 is 2.62 bits per heavy atom. The number of hydrogen-bond donors (Lipinski definition) is 0. The molecule has 180 valence electrons. The van der Waals surface area contributed by atoms with Crippen molar-refractivity contribution in [1.29, 1.82) is 0 Å². The fourth-order valence-electron chi connectivity index (χ4n) is 5.29. The van der Waals surface area contributed by atoms with Crippen molar-refractivity contribution in [1.82, 2.24) is 9.80 Å². The number of allylic oxidation sites excluding steroid dienone is 2. The lowest BCUT2D eigenvalue weighted by atomic mass is 9.93. The van der Waals surface area contributed by atoms with Gasteiger partial charge in [0.05, 0.1) is 19.3 Å². The third-order valence-electron chi connectivity index (χ3n) is 7.30. The molecule has 2 aromatic rings. The third-order valence-corrected chi connectivity index (χ3v) is 7.30. The molecule has 1 atom stereocenters. The van der Waals surface area contributed by atoms with Gasteiger partial charge in [0.25, 0.3) is 0 Å². The standard InChI is InChI=1S/C29H36N2O3/c32-29(25-9-5-2-6-10-25)31-17-18-33-28-12-11-24(19-26(28)21-31)20-30-15-13-27(14-16-30)34-22-23-7-3-1-4-8-23/h1-5,7-8,11-12,19,25,27H,6,9-10,13-18,20-22H2. The maximum Gasteiger partial charge on any atom is 0.226 e. The largest absolute Gasteiger partial charge is 0.491 e. The molecule has 0 N–H and O–H groups in total. The summed E-state index contributed by atoms with van der Waals surface area (Å²) in [6, 6.07) is 16.9. The van der Waals surface area contributed by atoms with Gasteiger partial charge in [0.15, 0.2) is 0 Å². The zero-order chi connectivity index (χ0) is 23.2. The van der Waals surface area contributed by atoms with Gasteiger partial charge < -0.3 is 14.4 Å². The number of rotatable bonds is 6. The minimum absolute atomic E-state index is 0.125. The van der Waals surface area contributed by atoms with E-state index in [1.54, 1.807) is 0 Å². The second-order valence-corrected chi connectivity index (χ2v) is 9.80. The van der Waals surface area contributed by atoms with E-state index in [4.69, 9.17) is 9.47 Å². The number of carbonyl (C=O) groups excluding carboxylic acids is 1. The van der Waals surface area contributed by atoms with Crippen LogP contribution in [0.5, 0.6) is 5.75 Å². The molecular formula is C29H36N2O3. The number of hydrogen-bond acceptors (Lipinski definition) is 4. The van der Waals surface area contributed by atoms with Gasteiger partial charge in [-0.25, -0.2) is 0 Å². The molecule has 2 aliphatic heterocycles. The molecule has 3 aliphatic rings. The zero-order valence-corrected chi connectivity index (χ0v) is 20.0. The molecule has 0 bridgehead atoms. The van der Waals surface area contributed by atoms with Crippen molar-refractivity contribution in [2.75, 3.05) is 26.2 Å². The van der Waals surface area contributed by atoms with Crippen LogP contribution in [-0.2, 0) is 29.2 Å². The lowest BCUT2D eigenvalue weighted by molar-refractivity contribution is -0.136. The molecule has 1 saturated heterocycles. The molecule has 0 spiro atoms. The fourth-order valence-corrected chi connectivity index (χ4v) is 5.29. The molecule has 1 fully saturated rings. The van der Waals surface area contributed by atoms with Gasteiger partial charge in [-0.15, -0.1) is 0 Å². The highest BCUT2D eigenvalue weighted by Crippen LogP contribution is 2.28. The predicted octanol–water partition coefficient (Wildman–Crippen LogP) is 4.95. The minimum Gasteiger partial charge on any atom is -0.491 e. The Morgan fingerprint density at radius 2 is 1.82 bits per heavy atom. The quantitative estimate of drug-likeness (QED) is 0.573. The molecule has 0 radical (unpaired) electrons. The number of amides is 1. The number of nitrogens with zero attached hydrogens (tertiary/aromatic N) is 2. The molecule has 1 amide bonds. The van der Waals surface area contributed by atoms with Gasteiger partial charge in [0.2, 0.25) is 5.91 Å². The molecule has 34 heavy (non-hydrogen) atoms. The van der Waals surface area contributed by atoms with E-state index >= 15 is 0 Å². The van der Waals surface area contributed by atoms with Crippen LogP contribution >= 0.6 is 0 Å². The van der Waals surface area contributed by atoms with E-state index in [-0.39, 0.29) is 11.8 Å². The summed E-state index contributed by atoms with van der Waals surface area (Å²) in [4.78, 5) is 17.6. The minimum atomic E-state index is 0.125. The summed E-state index contributed by atoms with van der Waals surface area (Å²) in [6.45, 7) is 5.61. The van der Waals surface area contributed by atoms with Crippen molar-refractivity contribution in [3.8, 4) is 5.75 Å². The maximum absolute atomic E-state index is 13.1. The van der Waals surface area contributed by atoms with Crippen LogP contribution in [-0.4, -0.2) is 48.1 Å². The van der Waals surface area contributed by atoms with E-state index in [0.717, 1.165) is 63.1 Å². The molecule has 5 rings (SSSR count). The number of benzene rings is 2. The third kappa shape index (κ3) is 5.89. The van der Waals surface area contributed by atoms with Crippen LogP contribution in [0.3, 0.4) is 0 Å². The SMILES string of the molecule is O=C(C1CC=CCC1)N1CCOc2ccc(CN3CCC(OCc4ccccc4)CC3)cc2C1. The second-order valence-electron chi connectivity index (χ2n) is 9.80. The first-order valence-corrected chi connectivity index (χ1v) is 12.8. The van der Waals surface area contributed by atoms with E-state index in [1.807, 2.05) is 11.0 Å². The Bertz CT molecular complexity index is 982. The summed E-state index contributed by atoms with van der Waals surface area (Å²) in [7, 11) is 0. The molecule has 5 heteroatoms. The van der Waals surface area contributed by atoms with E-state index < -0.39 is 0 Å². The Balaban J connectivity index is 1.14. The first-order chi connectivity index (χ1) is 16.7. The van der Waals surface area contributed by atoms with Crippen molar-refractivity contribution in [3.05, 3.63) is 77.4 Å². The van der Waals surface area contributed by atoms with Crippen LogP contribution in [0.4, 0.5) is 0 Å². The van der Waals surface area contributed by atoms with E-state index in [0.29, 0.717) is 32.4 Å². The van der Waals surface area contributed by atoms with Gasteiger partial charge in [-0.1, -0.05) is 48.6 Å². The Labute approximate surface area is 203 Å². The predicted molar refractivity (Wildman–Crippen MR) is 133 cm³/mol. The highest BCUT2D eigenvalue weighted by Gasteiger charge is 2.27. The summed E-state index contributed by atoms with van der Waals surface area (Å²) in [5.74, 6) is 1.33. The molecular weight excluding hydrogens is 424 g/mol. The van der Waals surface area contributed by atoms with Crippen molar-refractivity contribution in [2.24, 2.45) is 5.92 Å². The zero-order valence-electron chi connectivity index (χ0n) is 20.0. The van der Waals surface area contributed by atoms with Crippen molar-refractivity contribution >= 4 is 5.91 Å². The average Bonchev–Trinajstić information content (AvgIpc) is 3.11. The summed E-state index contributed by atoms with van der Waals surface area (Å²) in [5.41, 5.74) is 3.67. The summed E-state index contributed by atoms with van der Waals surface area (Å²) in [6.07, 6.45) is 9.66. The van der Waals surface area contributed by atoms with E-state index in [9.17, 15) is 4.79 Å². The first-order valence-electron chi connectivity index (χ1n) is 12.8. The highest BCUT2D eigenvalue weighted by molar-refractivity contribution is 5.79. The smallest absolute Gasteiger partial charge is 0.226 e. The van der Waals surface area contributed by atoms with Gasteiger partial charge in [0, 0.05) is 37.7 Å². The van der Waals surface area contributed by atoms with Crippen LogP contribution in [0.25, 0.3) is 0 Å².